The van der Waals surface area contributed by atoms with Gasteiger partial charge in [0, 0.05) is 12.8 Å². The molecular weight excluding hydrogens is 176 g/mol. The molecule has 1 aliphatic heterocycles. The molecule has 1 aromatic rings. The van der Waals surface area contributed by atoms with E-state index in [-0.39, 0.29) is 0 Å². The number of fused-ring (bicyclic) bond motifs is 1. The van der Waals surface area contributed by atoms with Crippen molar-refractivity contribution in [3.8, 4) is 5.75 Å². The highest BCUT2D eigenvalue weighted by atomic mass is 16.5. The minimum Gasteiger partial charge on any atom is -0.501 e. The minimum atomic E-state index is 0.782. The number of hydrogen-bond donors (Lipinski definition) is 0. The van der Waals surface area contributed by atoms with Gasteiger partial charge in [-0.05, 0) is 17.2 Å². The fourth-order valence-corrected chi connectivity index (χ4v) is 1.65. The molecule has 2 nitrogen and oxygen atoms in total. The molecule has 0 N–H and O–H groups in total. The van der Waals surface area contributed by atoms with Gasteiger partial charge in [0.05, 0.1) is 19.5 Å². The second-order valence-electron chi connectivity index (χ2n) is 3.46. The maximum Gasteiger partial charge on any atom is 0.122 e. The Hall–Kier alpha value is -1.44. The summed E-state index contributed by atoms with van der Waals surface area (Å²) in [6, 6.07) is 6.27. The zero-order valence-corrected chi connectivity index (χ0v) is 8.38. The SMILES string of the molecule is C=C(Cc1ccc2c(c1)CCO2)OC. The van der Waals surface area contributed by atoms with Crippen molar-refractivity contribution >= 4 is 0 Å². The Morgan fingerprint density at radius 1 is 1.57 bits per heavy atom. The summed E-state index contributed by atoms with van der Waals surface area (Å²) in [5, 5.41) is 0. The molecule has 14 heavy (non-hydrogen) atoms. The third kappa shape index (κ3) is 1.74. The van der Waals surface area contributed by atoms with Crippen molar-refractivity contribution in [2.75, 3.05) is 13.7 Å². The van der Waals surface area contributed by atoms with Crippen molar-refractivity contribution in [1.29, 1.82) is 0 Å². The third-order valence-electron chi connectivity index (χ3n) is 2.44. The summed E-state index contributed by atoms with van der Waals surface area (Å²) < 4.78 is 10.5. The van der Waals surface area contributed by atoms with Crippen molar-refractivity contribution in [2.45, 2.75) is 12.8 Å². The summed E-state index contributed by atoms with van der Waals surface area (Å²) in [4.78, 5) is 0. The molecule has 0 amide bonds. The van der Waals surface area contributed by atoms with E-state index in [0.29, 0.717) is 0 Å². The van der Waals surface area contributed by atoms with Gasteiger partial charge in [-0.3, -0.25) is 0 Å². The average Bonchev–Trinajstić information content (AvgIpc) is 2.64. The molecule has 0 unspecified atom stereocenters. The van der Waals surface area contributed by atoms with E-state index in [0.717, 1.165) is 31.0 Å². The molecule has 0 saturated carbocycles. The molecule has 2 heteroatoms. The van der Waals surface area contributed by atoms with Gasteiger partial charge in [0.15, 0.2) is 0 Å². The largest absolute Gasteiger partial charge is 0.501 e. The molecule has 1 aromatic carbocycles. The lowest BCUT2D eigenvalue weighted by Crippen LogP contribution is -1.92. The van der Waals surface area contributed by atoms with Crippen LogP contribution in [0.3, 0.4) is 0 Å². The molecule has 0 aromatic heterocycles. The Morgan fingerprint density at radius 2 is 2.43 bits per heavy atom. The number of hydrogen-bond acceptors (Lipinski definition) is 2. The maximum absolute atomic E-state index is 5.43. The van der Waals surface area contributed by atoms with Gasteiger partial charge >= 0.3 is 0 Å². The summed E-state index contributed by atoms with van der Waals surface area (Å²) in [7, 11) is 1.65. The van der Waals surface area contributed by atoms with Gasteiger partial charge in [0.25, 0.3) is 0 Å². The molecule has 0 fully saturated rings. The van der Waals surface area contributed by atoms with Crippen LogP contribution in [0.5, 0.6) is 5.75 Å². The zero-order chi connectivity index (χ0) is 9.97. The highest BCUT2D eigenvalue weighted by Crippen LogP contribution is 2.26. The zero-order valence-electron chi connectivity index (χ0n) is 8.38. The van der Waals surface area contributed by atoms with E-state index in [1.807, 2.05) is 6.07 Å². The summed E-state index contributed by atoms with van der Waals surface area (Å²) in [6.45, 7) is 4.62. The normalized spacial score (nSPS) is 13.2. The Morgan fingerprint density at radius 3 is 3.21 bits per heavy atom. The molecule has 74 valence electrons. The lowest BCUT2D eigenvalue weighted by molar-refractivity contribution is 0.285. The summed E-state index contributed by atoms with van der Waals surface area (Å²) in [5.74, 6) is 1.82. The Labute approximate surface area is 84.2 Å². The van der Waals surface area contributed by atoms with Crippen LogP contribution in [0.2, 0.25) is 0 Å². The van der Waals surface area contributed by atoms with Crippen molar-refractivity contribution in [3.05, 3.63) is 41.7 Å². The molecular formula is C12H14O2. The van der Waals surface area contributed by atoms with E-state index in [4.69, 9.17) is 9.47 Å². The van der Waals surface area contributed by atoms with Gasteiger partial charge < -0.3 is 9.47 Å². The Kier molecular flexibility index (Phi) is 2.44. The van der Waals surface area contributed by atoms with Crippen LogP contribution in [0.4, 0.5) is 0 Å². The molecule has 0 bridgehead atoms. The van der Waals surface area contributed by atoms with Crippen LogP contribution >= 0.6 is 0 Å². The maximum atomic E-state index is 5.43. The van der Waals surface area contributed by atoms with Crippen molar-refractivity contribution < 1.29 is 9.47 Å². The highest BCUT2D eigenvalue weighted by molar-refractivity contribution is 5.40. The van der Waals surface area contributed by atoms with Crippen LogP contribution in [0.15, 0.2) is 30.5 Å². The first kappa shape index (κ1) is 9.13. The first-order valence-electron chi connectivity index (χ1n) is 4.76. The molecule has 1 heterocycles. The fourth-order valence-electron chi connectivity index (χ4n) is 1.65. The minimum absolute atomic E-state index is 0.782. The summed E-state index contributed by atoms with van der Waals surface area (Å²) >= 11 is 0. The van der Waals surface area contributed by atoms with Crippen molar-refractivity contribution in [1.82, 2.24) is 0 Å². The predicted octanol–water partition coefficient (Wildman–Crippen LogP) is 2.32. The lowest BCUT2D eigenvalue weighted by atomic mass is 10.1. The molecule has 2 rings (SSSR count). The van der Waals surface area contributed by atoms with Crippen LogP contribution in [0.1, 0.15) is 11.1 Å². The van der Waals surface area contributed by atoms with Gasteiger partial charge in [-0.15, -0.1) is 0 Å². The average molecular weight is 190 g/mol. The standard InChI is InChI=1S/C12H14O2/c1-9(13-2)7-10-3-4-12-11(8-10)5-6-14-12/h3-4,8H,1,5-7H2,2H3. The van der Waals surface area contributed by atoms with E-state index in [9.17, 15) is 0 Å². The molecule has 0 aliphatic carbocycles. The molecule has 0 radical (unpaired) electrons. The predicted molar refractivity (Wildman–Crippen MR) is 55.5 cm³/mol. The number of benzene rings is 1. The number of rotatable bonds is 3. The molecule has 0 saturated heterocycles. The molecule has 0 atom stereocenters. The van der Waals surface area contributed by atoms with Gasteiger partial charge in [-0.1, -0.05) is 18.7 Å². The van der Waals surface area contributed by atoms with Crippen LogP contribution in [0, 0.1) is 0 Å². The second kappa shape index (κ2) is 3.74. The van der Waals surface area contributed by atoms with E-state index in [1.54, 1.807) is 7.11 Å². The van der Waals surface area contributed by atoms with Crippen molar-refractivity contribution in [2.24, 2.45) is 0 Å². The van der Waals surface area contributed by atoms with Crippen LogP contribution < -0.4 is 4.74 Å². The summed E-state index contributed by atoms with van der Waals surface area (Å²) in [6.07, 6.45) is 1.80. The smallest absolute Gasteiger partial charge is 0.122 e. The Bertz CT molecular complexity index is 355. The van der Waals surface area contributed by atoms with E-state index in [2.05, 4.69) is 18.7 Å². The van der Waals surface area contributed by atoms with Gasteiger partial charge in [-0.25, -0.2) is 0 Å². The number of ether oxygens (including phenoxy) is 2. The quantitative estimate of drug-likeness (QED) is 0.681. The third-order valence-corrected chi connectivity index (χ3v) is 2.44. The summed E-state index contributed by atoms with van der Waals surface area (Å²) in [5.41, 5.74) is 2.53. The van der Waals surface area contributed by atoms with Gasteiger partial charge in [-0.2, -0.15) is 0 Å². The lowest BCUT2D eigenvalue weighted by Gasteiger charge is -2.05. The van der Waals surface area contributed by atoms with Crippen LogP contribution in [0.25, 0.3) is 0 Å². The van der Waals surface area contributed by atoms with E-state index >= 15 is 0 Å². The van der Waals surface area contributed by atoms with E-state index in [1.165, 1.54) is 11.1 Å². The second-order valence-corrected chi connectivity index (χ2v) is 3.46. The number of methoxy groups -OCH3 is 1. The molecule has 1 aliphatic rings. The fraction of sp³-hybridized carbons (Fsp3) is 0.333. The van der Waals surface area contributed by atoms with Gasteiger partial charge in [0.1, 0.15) is 5.75 Å². The van der Waals surface area contributed by atoms with Crippen molar-refractivity contribution in [3.63, 3.8) is 0 Å². The number of allylic oxidation sites excluding steroid dienone is 1. The first-order valence-corrected chi connectivity index (χ1v) is 4.76. The molecule has 0 spiro atoms. The highest BCUT2D eigenvalue weighted by Gasteiger charge is 2.11. The van der Waals surface area contributed by atoms with E-state index < -0.39 is 0 Å². The topological polar surface area (TPSA) is 18.5 Å². The Balaban J connectivity index is 2.16. The monoisotopic (exact) mass is 190 g/mol. The first-order chi connectivity index (χ1) is 6.79. The van der Waals surface area contributed by atoms with Crippen LogP contribution in [-0.4, -0.2) is 13.7 Å². The van der Waals surface area contributed by atoms with Gasteiger partial charge in [0.2, 0.25) is 0 Å². The van der Waals surface area contributed by atoms with Crippen LogP contribution in [-0.2, 0) is 17.6 Å².